The van der Waals surface area contributed by atoms with Gasteiger partial charge in [0.2, 0.25) is 0 Å². The molecule has 0 saturated carbocycles. The zero-order valence-corrected chi connectivity index (χ0v) is 17.6. The molecule has 1 amide bonds. The third kappa shape index (κ3) is 3.88. The molecule has 6 nitrogen and oxygen atoms in total. The number of H-pyrrole nitrogens is 1. The molecule has 1 aliphatic rings. The second-order valence-electron chi connectivity index (χ2n) is 7.43. The number of hydrogen-bond acceptors (Lipinski definition) is 4. The number of carbonyl (C=O) groups excluding carboxylic acids is 1. The number of carbonyl (C=O) groups is 1. The number of rotatable bonds is 6. The van der Waals surface area contributed by atoms with Crippen LogP contribution in [0.2, 0.25) is 0 Å². The first-order chi connectivity index (χ1) is 14.0. The van der Waals surface area contributed by atoms with Crippen LogP contribution in [-0.2, 0) is 6.54 Å². The van der Waals surface area contributed by atoms with Gasteiger partial charge in [0.15, 0.2) is 0 Å². The first kappa shape index (κ1) is 22.1. The van der Waals surface area contributed by atoms with Crippen molar-refractivity contribution in [1.82, 2.24) is 9.88 Å². The Kier molecular flexibility index (Phi) is 6.65. The number of aromatic amines is 1. The van der Waals surface area contributed by atoms with Crippen LogP contribution in [0, 0.1) is 5.82 Å². The predicted octanol–water partition coefficient (Wildman–Crippen LogP) is 3.43. The second kappa shape index (κ2) is 9.04. The van der Waals surface area contributed by atoms with Crippen LogP contribution in [0.3, 0.4) is 0 Å². The van der Waals surface area contributed by atoms with Crippen molar-refractivity contribution in [1.29, 1.82) is 0 Å². The minimum Gasteiger partial charge on any atom is -0.496 e. The Bertz CT molecular complexity index is 1070. The topological polar surface area (TPSA) is 97.4 Å². The summed E-state index contributed by atoms with van der Waals surface area (Å²) in [6.07, 6.45) is 1.55. The highest BCUT2D eigenvalue weighted by Gasteiger charge is 2.31. The highest BCUT2D eigenvalue weighted by Crippen LogP contribution is 2.41. The average molecular weight is 433 g/mol. The quantitative estimate of drug-likeness (QED) is 0.555. The summed E-state index contributed by atoms with van der Waals surface area (Å²) in [7, 11) is 1.61. The Balaban J connectivity index is 0.00000256. The minimum absolute atomic E-state index is 0. The minimum atomic E-state index is -0.346. The summed E-state index contributed by atoms with van der Waals surface area (Å²) >= 11 is 0. The zero-order valence-electron chi connectivity index (χ0n) is 16.8. The van der Waals surface area contributed by atoms with Gasteiger partial charge in [-0.15, -0.1) is 12.4 Å². The number of halogens is 2. The van der Waals surface area contributed by atoms with Gasteiger partial charge in [-0.2, -0.15) is 0 Å². The fourth-order valence-corrected chi connectivity index (χ4v) is 4.08. The number of nitrogens with one attached hydrogen (secondary N) is 1. The van der Waals surface area contributed by atoms with Crippen LogP contribution in [0.25, 0.3) is 22.0 Å². The molecule has 160 valence electrons. The van der Waals surface area contributed by atoms with E-state index < -0.39 is 0 Å². The molecule has 0 aliphatic carbocycles. The Hall–Kier alpha value is -2.61. The van der Waals surface area contributed by atoms with Gasteiger partial charge in [0.25, 0.3) is 5.91 Å². The Morgan fingerprint density at radius 1 is 1.30 bits per heavy atom. The predicted molar refractivity (Wildman–Crippen MR) is 118 cm³/mol. The maximum atomic E-state index is 14.0. The molecule has 1 atom stereocenters. The molecule has 3 aromatic rings. The molecule has 0 fully saturated rings. The van der Waals surface area contributed by atoms with Gasteiger partial charge in [-0.05, 0) is 49.2 Å². The van der Waals surface area contributed by atoms with Crippen LogP contribution in [0.4, 0.5) is 4.39 Å². The Morgan fingerprint density at radius 3 is 2.83 bits per heavy atom. The smallest absolute Gasteiger partial charge is 0.271 e. The maximum Gasteiger partial charge on any atom is 0.271 e. The van der Waals surface area contributed by atoms with Gasteiger partial charge in [0, 0.05) is 34.6 Å². The lowest BCUT2D eigenvalue weighted by Gasteiger charge is -2.25. The van der Waals surface area contributed by atoms with Crippen molar-refractivity contribution in [3.8, 4) is 16.9 Å². The van der Waals surface area contributed by atoms with Crippen LogP contribution >= 0.6 is 12.4 Å². The molecule has 0 saturated heterocycles. The van der Waals surface area contributed by atoms with Crippen LogP contribution in [0.15, 0.2) is 36.4 Å². The molecular weight excluding hydrogens is 407 g/mol. The second-order valence-corrected chi connectivity index (χ2v) is 7.43. The van der Waals surface area contributed by atoms with E-state index >= 15 is 0 Å². The number of nitrogens with zero attached hydrogens (tertiary/aromatic N) is 1. The van der Waals surface area contributed by atoms with Crippen molar-refractivity contribution in [2.75, 3.05) is 20.2 Å². The van der Waals surface area contributed by atoms with Gasteiger partial charge in [0.1, 0.15) is 17.3 Å². The molecule has 5 N–H and O–H groups in total. The van der Waals surface area contributed by atoms with E-state index in [1.54, 1.807) is 18.1 Å². The van der Waals surface area contributed by atoms with Gasteiger partial charge >= 0.3 is 0 Å². The molecule has 0 unspecified atom stereocenters. The van der Waals surface area contributed by atoms with Crippen molar-refractivity contribution in [2.45, 2.75) is 25.4 Å². The van der Waals surface area contributed by atoms with E-state index in [0.29, 0.717) is 47.5 Å². The van der Waals surface area contributed by atoms with E-state index in [1.807, 2.05) is 18.2 Å². The van der Waals surface area contributed by atoms with Gasteiger partial charge in [-0.1, -0.05) is 12.1 Å². The lowest BCUT2D eigenvalue weighted by molar-refractivity contribution is 0.0728. The lowest BCUT2D eigenvalue weighted by atomic mass is 9.97. The van der Waals surface area contributed by atoms with Gasteiger partial charge in [-0.25, -0.2) is 4.39 Å². The van der Waals surface area contributed by atoms with Gasteiger partial charge < -0.3 is 26.1 Å². The number of nitrogens with two attached hydrogens (primary N) is 2. The SMILES string of the molecule is COc1cccc2c1CN(C[C@@H](N)CCCN)C(=O)c1[nH]c3ccc(F)cc3c1-2.Cl. The first-order valence-corrected chi connectivity index (χ1v) is 9.76. The molecule has 2 aromatic carbocycles. The van der Waals surface area contributed by atoms with E-state index in [-0.39, 0.29) is 30.2 Å². The summed E-state index contributed by atoms with van der Waals surface area (Å²) in [4.78, 5) is 18.4. The number of methoxy groups -OCH3 is 1. The summed E-state index contributed by atoms with van der Waals surface area (Å²) in [5.74, 6) is 0.189. The van der Waals surface area contributed by atoms with Crippen molar-refractivity contribution in [2.24, 2.45) is 11.5 Å². The number of aromatic nitrogens is 1. The Morgan fingerprint density at radius 2 is 2.10 bits per heavy atom. The number of fused-ring (bicyclic) bond motifs is 5. The molecule has 8 heteroatoms. The lowest BCUT2D eigenvalue weighted by Crippen LogP contribution is -2.40. The van der Waals surface area contributed by atoms with Crippen LogP contribution < -0.4 is 16.2 Å². The van der Waals surface area contributed by atoms with Crippen molar-refractivity contribution >= 4 is 29.2 Å². The summed E-state index contributed by atoms with van der Waals surface area (Å²) in [5, 5.41) is 0.678. The highest BCUT2D eigenvalue weighted by molar-refractivity contribution is 6.11. The normalized spacial score (nSPS) is 14.0. The number of ether oxygens (including phenoxy) is 1. The van der Waals surface area contributed by atoms with Crippen LogP contribution in [0.5, 0.6) is 5.75 Å². The highest BCUT2D eigenvalue weighted by atomic mass is 35.5. The Labute approximate surface area is 180 Å². The standard InChI is InChI=1S/C22H25FN4O2.ClH/c1-29-19-6-2-5-15-17(19)12-27(11-14(25)4-3-9-24)22(28)21-20(15)16-10-13(23)7-8-18(16)26-21;/h2,5-8,10,14,26H,3-4,9,11-12,24-25H2,1H3;1H/t14-;/m0./s1. The summed E-state index contributed by atoms with van der Waals surface area (Å²) in [5.41, 5.74) is 15.5. The number of benzene rings is 2. The molecule has 1 aliphatic heterocycles. The monoisotopic (exact) mass is 432 g/mol. The maximum absolute atomic E-state index is 14.0. The number of hydrogen-bond donors (Lipinski definition) is 3. The third-order valence-corrected chi connectivity index (χ3v) is 5.47. The van der Waals surface area contributed by atoms with E-state index in [9.17, 15) is 9.18 Å². The molecule has 4 rings (SSSR count). The van der Waals surface area contributed by atoms with E-state index in [4.69, 9.17) is 16.2 Å². The van der Waals surface area contributed by atoms with E-state index in [2.05, 4.69) is 4.98 Å². The molecular formula is C22H26ClFN4O2. The van der Waals surface area contributed by atoms with Crippen molar-refractivity contribution in [3.63, 3.8) is 0 Å². The summed E-state index contributed by atoms with van der Waals surface area (Å²) in [6, 6.07) is 10.0. The van der Waals surface area contributed by atoms with Crippen molar-refractivity contribution in [3.05, 3.63) is 53.5 Å². The van der Waals surface area contributed by atoms with Gasteiger partial charge in [-0.3, -0.25) is 4.79 Å². The van der Waals surface area contributed by atoms with Crippen LogP contribution in [-0.4, -0.2) is 42.0 Å². The van der Waals surface area contributed by atoms with Gasteiger partial charge in [0.05, 0.1) is 13.7 Å². The van der Waals surface area contributed by atoms with Crippen molar-refractivity contribution < 1.29 is 13.9 Å². The third-order valence-electron chi connectivity index (χ3n) is 5.47. The fourth-order valence-electron chi connectivity index (χ4n) is 4.08. The molecule has 0 spiro atoms. The summed E-state index contributed by atoms with van der Waals surface area (Å²) < 4.78 is 19.6. The average Bonchev–Trinajstić information content (AvgIpc) is 3.04. The molecule has 30 heavy (non-hydrogen) atoms. The largest absolute Gasteiger partial charge is 0.496 e. The molecule has 0 radical (unpaired) electrons. The zero-order chi connectivity index (χ0) is 20.5. The molecule has 2 heterocycles. The summed E-state index contributed by atoms with van der Waals surface area (Å²) in [6.45, 7) is 1.34. The van der Waals surface area contributed by atoms with E-state index in [0.717, 1.165) is 24.0 Å². The first-order valence-electron chi connectivity index (χ1n) is 9.76. The van der Waals surface area contributed by atoms with Crippen LogP contribution in [0.1, 0.15) is 28.9 Å². The van der Waals surface area contributed by atoms with E-state index in [1.165, 1.54) is 12.1 Å². The fraction of sp³-hybridized carbons (Fsp3) is 0.318. The molecule has 0 bridgehead atoms. The molecule has 1 aromatic heterocycles. The number of amides is 1.